The van der Waals surface area contributed by atoms with Crippen molar-refractivity contribution in [3.05, 3.63) is 147 Å². The van der Waals surface area contributed by atoms with Crippen LogP contribution in [0.5, 0.6) is 0 Å². The Morgan fingerprint density at radius 1 is 0.809 bits per heavy atom. The average molecular weight is 646 g/mol. The molecule has 0 saturated carbocycles. The maximum absolute atomic E-state index is 15.8. The van der Waals surface area contributed by atoms with Crippen molar-refractivity contribution in [2.24, 2.45) is 15.1 Å². The van der Waals surface area contributed by atoms with Gasteiger partial charge in [-0.25, -0.2) is 13.7 Å². The molecule has 1 unspecified atom stereocenters. The number of nitrogens with one attached hydrogen (secondary N) is 2. The van der Waals surface area contributed by atoms with Gasteiger partial charge in [0.15, 0.2) is 9.92 Å². The number of carbonyl (C=O) groups excluding carboxylic acids is 1. The highest BCUT2D eigenvalue weighted by atomic mass is 32.2. The van der Waals surface area contributed by atoms with Crippen molar-refractivity contribution >= 4 is 27.5 Å². The number of fused-ring (bicyclic) bond motifs is 2. The topological polar surface area (TPSA) is 118 Å². The van der Waals surface area contributed by atoms with Crippen molar-refractivity contribution in [2.75, 3.05) is 18.5 Å². The Balaban J connectivity index is 1.44. The van der Waals surface area contributed by atoms with Crippen molar-refractivity contribution in [2.45, 2.75) is 50.5 Å². The molecule has 0 fully saturated rings. The SMILES string of the molecule is N/C=C(\C1=NCCCO1)S(=O)(=NC(c1ccccc1)(c1ccccc1)c1ccccc1)NC(=O)Nc1c2c(cc3c1CCC3)CCC2. The number of nitrogens with two attached hydrogens (primary N) is 1. The standard InChI is InChI=1S/C38H39N5O3S/c39-26-34(36-40-23-12-24-46-36)47(45,42-37(44)41-35-32-21-10-13-27(32)25-28-14-11-22-33(28)35)43-38(29-15-4-1-5-16-29,30-17-6-2-7-18-30)31-19-8-3-9-20-31/h1-9,15-20,25-26H,10-14,21-24,39H2,(H2,41,42,43,44,45)/b34-26+. The van der Waals surface area contributed by atoms with Crippen LogP contribution in [0.3, 0.4) is 0 Å². The lowest BCUT2D eigenvalue weighted by molar-refractivity contribution is 0.256. The molecule has 240 valence electrons. The number of urea groups is 1. The molecule has 47 heavy (non-hydrogen) atoms. The fourth-order valence-electron chi connectivity index (χ4n) is 7.14. The number of anilines is 1. The Hall–Kier alpha value is -4.89. The number of carbonyl (C=O) groups is 1. The summed E-state index contributed by atoms with van der Waals surface area (Å²) in [6, 6.07) is 30.8. The molecule has 1 aliphatic heterocycles. The van der Waals surface area contributed by atoms with E-state index in [2.05, 4.69) is 21.1 Å². The molecule has 4 aromatic rings. The summed E-state index contributed by atoms with van der Waals surface area (Å²) >= 11 is 0. The Morgan fingerprint density at radius 3 is 1.81 bits per heavy atom. The molecule has 3 aliphatic rings. The van der Waals surface area contributed by atoms with Crippen LogP contribution < -0.4 is 15.8 Å². The van der Waals surface area contributed by atoms with Crippen molar-refractivity contribution in [1.82, 2.24) is 4.72 Å². The fourth-order valence-corrected chi connectivity index (χ4v) is 8.94. The number of hydrogen-bond acceptors (Lipinski definition) is 6. The van der Waals surface area contributed by atoms with E-state index in [1.54, 1.807) is 0 Å². The van der Waals surface area contributed by atoms with Gasteiger partial charge < -0.3 is 15.8 Å². The smallest absolute Gasteiger partial charge is 0.331 e. The van der Waals surface area contributed by atoms with E-state index in [1.165, 1.54) is 28.5 Å². The van der Waals surface area contributed by atoms with Gasteiger partial charge in [-0.2, -0.15) is 4.36 Å². The molecule has 7 rings (SSSR count). The predicted octanol–water partition coefficient (Wildman–Crippen LogP) is 6.78. The molecule has 0 radical (unpaired) electrons. The van der Waals surface area contributed by atoms with Crippen LogP contribution in [-0.2, 0) is 45.9 Å². The lowest BCUT2D eigenvalue weighted by Gasteiger charge is -2.33. The predicted molar refractivity (Wildman–Crippen MR) is 188 cm³/mol. The number of amides is 2. The highest BCUT2D eigenvalue weighted by molar-refractivity contribution is 7.97. The Labute approximate surface area is 276 Å². The summed E-state index contributed by atoms with van der Waals surface area (Å²) in [4.78, 5) is 18.8. The fraction of sp³-hybridized carbons (Fsp3) is 0.263. The first-order chi connectivity index (χ1) is 23.0. The number of hydrogen-bond donors (Lipinski definition) is 3. The number of aliphatic imine (C=N–C) groups is 1. The third-order valence-electron chi connectivity index (χ3n) is 9.24. The van der Waals surface area contributed by atoms with Crippen LogP contribution in [0.4, 0.5) is 10.5 Å². The van der Waals surface area contributed by atoms with Crippen LogP contribution in [0.15, 0.2) is 118 Å². The van der Waals surface area contributed by atoms with Gasteiger partial charge in [0.05, 0.1) is 6.61 Å². The molecule has 0 bridgehead atoms. The summed E-state index contributed by atoms with van der Waals surface area (Å²) < 4.78 is 29.8. The number of ether oxygens (including phenoxy) is 1. The Morgan fingerprint density at radius 2 is 1.34 bits per heavy atom. The lowest BCUT2D eigenvalue weighted by Crippen LogP contribution is -2.41. The van der Waals surface area contributed by atoms with Crippen LogP contribution in [-0.4, -0.2) is 29.3 Å². The zero-order chi connectivity index (χ0) is 32.3. The number of aryl methyl sites for hydroxylation is 2. The molecule has 9 heteroatoms. The first-order valence-electron chi connectivity index (χ1n) is 16.3. The molecule has 2 aliphatic carbocycles. The highest BCUT2D eigenvalue weighted by Crippen LogP contribution is 2.43. The van der Waals surface area contributed by atoms with Gasteiger partial charge in [0, 0.05) is 24.9 Å². The number of nitrogens with zero attached hydrogens (tertiary/aromatic N) is 2. The van der Waals surface area contributed by atoms with Crippen molar-refractivity contribution in [3.8, 4) is 0 Å². The average Bonchev–Trinajstić information content (AvgIpc) is 3.79. The van der Waals surface area contributed by atoms with Gasteiger partial charge in [-0.1, -0.05) is 97.1 Å². The Kier molecular flexibility index (Phi) is 8.56. The van der Waals surface area contributed by atoms with Crippen LogP contribution in [0.2, 0.25) is 0 Å². The lowest BCUT2D eigenvalue weighted by atomic mass is 9.78. The van der Waals surface area contributed by atoms with E-state index >= 15 is 4.21 Å². The second-order valence-electron chi connectivity index (χ2n) is 12.1. The molecule has 0 aromatic heterocycles. The maximum Gasteiger partial charge on any atom is 0.331 e. The van der Waals surface area contributed by atoms with Crippen LogP contribution in [0.1, 0.15) is 58.2 Å². The molecule has 4 aromatic carbocycles. The largest absolute Gasteiger partial charge is 0.477 e. The monoisotopic (exact) mass is 645 g/mol. The van der Waals surface area contributed by atoms with E-state index in [0.717, 1.165) is 67.3 Å². The van der Waals surface area contributed by atoms with E-state index in [4.69, 9.17) is 14.8 Å². The third kappa shape index (κ3) is 5.80. The minimum Gasteiger partial charge on any atom is -0.477 e. The summed E-state index contributed by atoms with van der Waals surface area (Å²) in [5.74, 6) is 0.123. The summed E-state index contributed by atoms with van der Waals surface area (Å²) in [5.41, 5.74) is 13.0. The number of rotatable bonds is 8. The number of benzene rings is 4. The van der Waals surface area contributed by atoms with E-state index < -0.39 is 21.5 Å². The quantitative estimate of drug-likeness (QED) is 0.183. The first-order valence-corrected chi connectivity index (χ1v) is 17.8. The van der Waals surface area contributed by atoms with Crippen LogP contribution in [0, 0.1) is 0 Å². The van der Waals surface area contributed by atoms with Crippen LogP contribution >= 0.6 is 0 Å². The van der Waals surface area contributed by atoms with Gasteiger partial charge in [0.25, 0.3) is 0 Å². The summed E-state index contributed by atoms with van der Waals surface area (Å²) in [7, 11) is -3.89. The Bertz CT molecular complexity index is 1840. The minimum atomic E-state index is -3.89. The van der Waals surface area contributed by atoms with E-state index in [9.17, 15) is 4.79 Å². The first kappa shape index (κ1) is 30.7. The van der Waals surface area contributed by atoms with Gasteiger partial charge in [0.1, 0.15) is 10.4 Å². The maximum atomic E-state index is 15.8. The van der Waals surface area contributed by atoms with Crippen molar-refractivity contribution < 1.29 is 13.7 Å². The molecular formula is C38H39N5O3S. The third-order valence-corrected chi connectivity index (χ3v) is 11.1. The summed E-state index contributed by atoms with van der Waals surface area (Å²) in [6.45, 7) is 0.874. The molecule has 1 atom stereocenters. The van der Waals surface area contributed by atoms with Crippen molar-refractivity contribution in [1.29, 1.82) is 0 Å². The van der Waals surface area contributed by atoms with Gasteiger partial charge in [-0.3, -0.25) is 4.99 Å². The summed E-state index contributed by atoms with van der Waals surface area (Å²) in [5, 5.41) is 3.15. The van der Waals surface area contributed by atoms with Crippen LogP contribution in [0.25, 0.3) is 0 Å². The van der Waals surface area contributed by atoms with Crippen molar-refractivity contribution in [3.63, 3.8) is 0 Å². The zero-order valence-corrected chi connectivity index (χ0v) is 27.1. The van der Waals surface area contributed by atoms with Gasteiger partial charge in [0.2, 0.25) is 5.90 Å². The highest BCUT2D eigenvalue weighted by Gasteiger charge is 2.40. The molecule has 2 amide bonds. The minimum absolute atomic E-state index is 0.0306. The molecule has 8 nitrogen and oxygen atoms in total. The van der Waals surface area contributed by atoms with Gasteiger partial charge >= 0.3 is 6.03 Å². The molecule has 0 spiro atoms. The summed E-state index contributed by atoms with van der Waals surface area (Å²) in [6.07, 6.45) is 7.81. The van der Waals surface area contributed by atoms with Gasteiger partial charge in [-0.05, 0) is 77.5 Å². The molecular weight excluding hydrogens is 607 g/mol. The van der Waals surface area contributed by atoms with E-state index in [-0.39, 0.29) is 10.8 Å². The molecule has 0 saturated heterocycles. The second kappa shape index (κ2) is 13.1. The molecule has 4 N–H and O–H groups in total. The van der Waals surface area contributed by atoms with Gasteiger partial charge in [-0.15, -0.1) is 0 Å². The second-order valence-corrected chi connectivity index (χ2v) is 14.0. The molecule has 1 heterocycles. The zero-order valence-electron chi connectivity index (χ0n) is 26.3. The van der Waals surface area contributed by atoms with E-state index in [0.29, 0.717) is 13.2 Å². The van der Waals surface area contributed by atoms with E-state index in [1.807, 2.05) is 91.0 Å². The normalized spacial score (nSPS) is 17.0.